The van der Waals surface area contributed by atoms with Gasteiger partial charge in [0.05, 0.1) is 23.4 Å². The van der Waals surface area contributed by atoms with Gasteiger partial charge in [-0.2, -0.15) is 0 Å². The van der Waals surface area contributed by atoms with Crippen molar-refractivity contribution >= 4 is 27.5 Å². The molecule has 0 aliphatic carbocycles. The summed E-state index contributed by atoms with van der Waals surface area (Å²) in [6.45, 7) is 2.66. The Labute approximate surface area is 154 Å². The number of nitrogens with zero attached hydrogens (tertiary/aromatic N) is 1. The zero-order chi connectivity index (χ0) is 18.3. The fourth-order valence-corrected chi connectivity index (χ4v) is 5.58. The maximum Gasteiger partial charge on any atom is 0.232 e. The summed E-state index contributed by atoms with van der Waals surface area (Å²) >= 11 is 1.39. The predicted molar refractivity (Wildman–Crippen MR) is 102 cm³/mol. The van der Waals surface area contributed by atoms with Crippen molar-refractivity contribution < 1.29 is 18.3 Å². The molecular formula is C18H27NO4S2. The molecule has 1 aliphatic rings. The molecule has 1 N–H and O–H groups in total. The van der Waals surface area contributed by atoms with Gasteiger partial charge in [0.15, 0.2) is 9.84 Å². The van der Waals surface area contributed by atoms with Gasteiger partial charge in [0.1, 0.15) is 0 Å². The highest BCUT2D eigenvalue weighted by molar-refractivity contribution is 7.99. The highest BCUT2D eigenvalue weighted by Gasteiger charge is 2.34. The lowest BCUT2D eigenvalue weighted by Crippen LogP contribution is -2.42. The van der Waals surface area contributed by atoms with Crippen LogP contribution in [0.5, 0.6) is 0 Å². The Kier molecular flexibility index (Phi) is 7.78. The molecule has 1 fully saturated rings. The zero-order valence-corrected chi connectivity index (χ0v) is 16.3. The highest BCUT2D eigenvalue weighted by Crippen LogP contribution is 2.22. The van der Waals surface area contributed by atoms with Crippen LogP contribution in [0.15, 0.2) is 30.3 Å². The number of aliphatic hydroxyl groups is 1. The molecule has 1 heterocycles. The number of amides is 1. The van der Waals surface area contributed by atoms with E-state index in [1.807, 2.05) is 30.3 Å². The van der Waals surface area contributed by atoms with E-state index in [-0.39, 0.29) is 29.2 Å². The lowest BCUT2D eigenvalue weighted by atomic mass is 10.1. The van der Waals surface area contributed by atoms with Crippen molar-refractivity contribution in [2.75, 3.05) is 29.6 Å². The molecule has 25 heavy (non-hydrogen) atoms. The Morgan fingerprint density at radius 2 is 2.08 bits per heavy atom. The summed E-state index contributed by atoms with van der Waals surface area (Å²) in [5.41, 5.74) is 0.840. The molecule has 0 aromatic heterocycles. The summed E-state index contributed by atoms with van der Waals surface area (Å²) in [6, 6.07) is 9.19. The lowest BCUT2D eigenvalue weighted by molar-refractivity contribution is -0.130. The molecule has 0 radical (unpaired) electrons. The van der Waals surface area contributed by atoms with E-state index in [4.69, 9.17) is 0 Å². The van der Waals surface area contributed by atoms with E-state index in [0.29, 0.717) is 18.7 Å². The van der Waals surface area contributed by atoms with Gasteiger partial charge in [-0.3, -0.25) is 4.79 Å². The van der Waals surface area contributed by atoms with E-state index in [2.05, 4.69) is 6.92 Å². The van der Waals surface area contributed by atoms with Gasteiger partial charge >= 0.3 is 0 Å². The first-order chi connectivity index (χ1) is 11.9. The van der Waals surface area contributed by atoms with E-state index >= 15 is 0 Å². The van der Waals surface area contributed by atoms with Gasteiger partial charge in [0.25, 0.3) is 0 Å². The first-order valence-corrected chi connectivity index (χ1v) is 11.7. The van der Waals surface area contributed by atoms with Crippen LogP contribution in [0.1, 0.15) is 37.9 Å². The van der Waals surface area contributed by atoms with Crippen molar-refractivity contribution in [2.45, 2.75) is 38.3 Å². The van der Waals surface area contributed by atoms with Crippen LogP contribution >= 0.6 is 11.8 Å². The molecule has 1 saturated heterocycles. The molecule has 140 valence electrons. The number of benzene rings is 1. The topological polar surface area (TPSA) is 74.7 Å². The molecule has 0 spiro atoms. The van der Waals surface area contributed by atoms with Gasteiger partial charge in [-0.25, -0.2) is 8.42 Å². The Bertz CT molecular complexity index is 648. The fraction of sp³-hybridized carbons (Fsp3) is 0.611. The standard InChI is InChI=1S/C18H27NO4S2/c1-2-3-10-19(16-9-11-25(22,23)14-16)18(21)13-24-12-17(20)15-7-5-4-6-8-15/h4-8,16-17,20H,2-3,9-14H2,1H3. The van der Waals surface area contributed by atoms with E-state index in [0.717, 1.165) is 18.4 Å². The number of hydrogen-bond donors (Lipinski definition) is 1. The summed E-state index contributed by atoms with van der Waals surface area (Å²) < 4.78 is 23.5. The molecule has 1 aliphatic heterocycles. The Hall–Kier alpha value is -1.05. The van der Waals surface area contributed by atoms with Gasteiger partial charge in [-0.15, -0.1) is 11.8 Å². The maximum absolute atomic E-state index is 12.6. The number of aliphatic hydroxyl groups excluding tert-OH is 1. The minimum absolute atomic E-state index is 0.0270. The van der Waals surface area contributed by atoms with Crippen molar-refractivity contribution in [2.24, 2.45) is 0 Å². The SMILES string of the molecule is CCCCN(C(=O)CSCC(O)c1ccccc1)C1CCS(=O)(=O)C1. The molecule has 7 heteroatoms. The second-order valence-corrected chi connectivity index (χ2v) is 9.70. The van der Waals surface area contributed by atoms with Gasteiger partial charge in [0.2, 0.25) is 5.91 Å². The first-order valence-electron chi connectivity index (χ1n) is 8.73. The molecule has 5 nitrogen and oxygen atoms in total. The summed E-state index contributed by atoms with van der Waals surface area (Å²) in [7, 11) is -3.01. The Morgan fingerprint density at radius 1 is 1.36 bits per heavy atom. The van der Waals surface area contributed by atoms with Crippen molar-refractivity contribution in [1.29, 1.82) is 0 Å². The zero-order valence-electron chi connectivity index (χ0n) is 14.6. The fourth-order valence-electron chi connectivity index (χ4n) is 2.97. The summed E-state index contributed by atoms with van der Waals surface area (Å²) in [5.74, 6) is 0.943. The second kappa shape index (κ2) is 9.59. The summed E-state index contributed by atoms with van der Waals surface area (Å²) in [5, 5.41) is 10.2. The monoisotopic (exact) mass is 385 g/mol. The first kappa shape index (κ1) is 20.3. The maximum atomic E-state index is 12.6. The van der Waals surface area contributed by atoms with Crippen molar-refractivity contribution in [3.05, 3.63) is 35.9 Å². The van der Waals surface area contributed by atoms with E-state index in [1.165, 1.54) is 11.8 Å². The van der Waals surface area contributed by atoms with Crippen LogP contribution in [0.3, 0.4) is 0 Å². The Balaban J connectivity index is 1.86. The van der Waals surface area contributed by atoms with Crippen LogP contribution < -0.4 is 0 Å². The van der Waals surface area contributed by atoms with E-state index < -0.39 is 15.9 Å². The average Bonchev–Trinajstić information content (AvgIpc) is 2.95. The minimum Gasteiger partial charge on any atom is -0.388 e. The normalized spacial score (nSPS) is 20.3. The number of carbonyl (C=O) groups is 1. The predicted octanol–water partition coefficient (Wildman–Crippen LogP) is 2.27. The van der Waals surface area contributed by atoms with Crippen molar-refractivity contribution in [3.8, 4) is 0 Å². The third kappa shape index (κ3) is 6.31. The number of thioether (sulfide) groups is 1. The van der Waals surface area contributed by atoms with Crippen LogP contribution in [0.4, 0.5) is 0 Å². The third-order valence-corrected chi connectivity index (χ3v) is 7.16. The second-order valence-electron chi connectivity index (χ2n) is 6.44. The average molecular weight is 386 g/mol. The van der Waals surface area contributed by atoms with Gasteiger partial charge in [-0.05, 0) is 18.4 Å². The molecule has 0 saturated carbocycles. The smallest absolute Gasteiger partial charge is 0.232 e. The largest absolute Gasteiger partial charge is 0.388 e. The molecular weight excluding hydrogens is 358 g/mol. The van der Waals surface area contributed by atoms with Crippen LogP contribution in [-0.4, -0.2) is 59.9 Å². The van der Waals surface area contributed by atoms with Crippen molar-refractivity contribution in [1.82, 2.24) is 4.90 Å². The van der Waals surface area contributed by atoms with Crippen LogP contribution in [0, 0.1) is 0 Å². The van der Waals surface area contributed by atoms with Crippen molar-refractivity contribution in [3.63, 3.8) is 0 Å². The molecule has 0 bridgehead atoms. The molecule has 1 aromatic carbocycles. The molecule has 1 aromatic rings. The minimum atomic E-state index is -3.01. The van der Waals surface area contributed by atoms with Gasteiger partial charge in [-0.1, -0.05) is 43.7 Å². The Morgan fingerprint density at radius 3 is 2.68 bits per heavy atom. The number of unbranched alkanes of at least 4 members (excludes halogenated alkanes) is 1. The molecule has 1 amide bonds. The van der Waals surface area contributed by atoms with Crippen LogP contribution in [0.25, 0.3) is 0 Å². The number of sulfone groups is 1. The third-order valence-electron chi connectivity index (χ3n) is 4.41. The quantitative estimate of drug-likeness (QED) is 0.706. The van der Waals surface area contributed by atoms with Gasteiger partial charge in [0, 0.05) is 18.3 Å². The van der Waals surface area contributed by atoms with E-state index in [9.17, 15) is 18.3 Å². The summed E-state index contributed by atoms with van der Waals surface area (Å²) in [4.78, 5) is 14.3. The van der Waals surface area contributed by atoms with Crippen LogP contribution in [-0.2, 0) is 14.6 Å². The molecule has 2 rings (SSSR count). The number of hydrogen-bond acceptors (Lipinski definition) is 5. The number of rotatable bonds is 9. The van der Waals surface area contributed by atoms with E-state index in [1.54, 1.807) is 4.90 Å². The van der Waals surface area contributed by atoms with Crippen LogP contribution in [0.2, 0.25) is 0 Å². The molecule has 2 atom stereocenters. The highest BCUT2D eigenvalue weighted by atomic mass is 32.2. The van der Waals surface area contributed by atoms with Gasteiger partial charge < -0.3 is 10.0 Å². The summed E-state index contributed by atoms with van der Waals surface area (Å²) in [6.07, 6.45) is 1.77. The molecule has 2 unspecified atom stereocenters. The lowest BCUT2D eigenvalue weighted by Gasteiger charge is -2.28. The number of carbonyl (C=O) groups excluding carboxylic acids is 1.